The van der Waals surface area contributed by atoms with Crippen LogP contribution in [-0.2, 0) is 9.47 Å². The molecular weight excluding hydrogens is 264 g/mol. The van der Waals surface area contributed by atoms with Crippen LogP contribution in [0.15, 0.2) is 24.3 Å². The summed E-state index contributed by atoms with van der Waals surface area (Å²) in [5.41, 5.74) is 1.42. The Hall–Kier alpha value is -1.35. The molecule has 2 aliphatic rings. The van der Waals surface area contributed by atoms with E-state index in [-0.39, 0.29) is 23.3 Å². The fraction of sp³-hybridized carbons (Fsp3) is 0.611. The number of aryl methyl sites for hydroxylation is 1. The van der Waals surface area contributed by atoms with Gasteiger partial charge in [-0.15, -0.1) is 0 Å². The van der Waals surface area contributed by atoms with E-state index in [0.717, 1.165) is 24.8 Å². The minimum Gasteiger partial charge on any atom is -0.455 e. The first-order valence-electron chi connectivity index (χ1n) is 7.82. The second-order valence-corrected chi connectivity index (χ2v) is 7.10. The monoisotopic (exact) mass is 288 g/mol. The summed E-state index contributed by atoms with van der Waals surface area (Å²) in [6.45, 7) is 8.43. The zero-order valence-corrected chi connectivity index (χ0v) is 13.3. The molecule has 0 spiro atoms. The third-order valence-corrected chi connectivity index (χ3v) is 5.25. The Kier molecular flexibility index (Phi) is 3.36. The van der Waals surface area contributed by atoms with Crippen molar-refractivity contribution >= 4 is 5.97 Å². The third kappa shape index (κ3) is 2.59. The smallest absolute Gasteiger partial charge is 0.338 e. The van der Waals surface area contributed by atoms with Crippen LogP contribution in [0.5, 0.6) is 0 Å². The van der Waals surface area contributed by atoms with E-state index in [1.165, 1.54) is 0 Å². The molecule has 0 bridgehead atoms. The molecule has 1 aliphatic heterocycles. The molecule has 0 N–H and O–H groups in total. The Balaban J connectivity index is 1.76. The van der Waals surface area contributed by atoms with Crippen LogP contribution in [-0.4, -0.2) is 23.3 Å². The number of hydrogen-bond donors (Lipinski definition) is 0. The van der Waals surface area contributed by atoms with Gasteiger partial charge >= 0.3 is 5.97 Å². The van der Waals surface area contributed by atoms with Crippen molar-refractivity contribution in [2.45, 2.75) is 64.3 Å². The maximum Gasteiger partial charge on any atom is 0.338 e. The van der Waals surface area contributed by atoms with E-state index in [0.29, 0.717) is 11.5 Å². The van der Waals surface area contributed by atoms with Gasteiger partial charge in [0.1, 0.15) is 5.60 Å². The summed E-state index contributed by atoms with van der Waals surface area (Å²) in [7, 11) is 0. The van der Waals surface area contributed by atoms with Gasteiger partial charge in [0.15, 0.2) is 0 Å². The average Bonchev–Trinajstić information content (AvgIpc) is 3.09. The van der Waals surface area contributed by atoms with Gasteiger partial charge in [-0.2, -0.15) is 0 Å². The molecule has 1 aromatic carbocycles. The van der Waals surface area contributed by atoms with E-state index < -0.39 is 0 Å². The predicted molar refractivity (Wildman–Crippen MR) is 81.3 cm³/mol. The van der Waals surface area contributed by atoms with Crippen molar-refractivity contribution in [2.75, 3.05) is 0 Å². The van der Waals surface area contributed by atoms with Gasteiger partial charge in [0.05, 0.1) is 17.3 Å². The number of carbonyl (C=O) groups excluding carboxylic acids is 1. The fourth-order valence-corrected chi connectivity index (χ4v) is 3.31. The number of hydrogen-bond acceptors (Lipinski definition) is 3. The van der Waals surface area contributed by atoms with Crippen molar-refractivity contribution in [1.29, 1.82) is 0 Å². The topological polar surface area (TPSA) is 38.8 Å². The van der Waals surface area contributed by atoms with Crippen molar-refractivity contribution < 1.29 is 14.3 Å². The molecule has 1 heterocycles. The van der Waals surface area contributed by atoms with Crippen LogP contribution in [0.1, 0.15) is 56.0 Å². The SMILES string of the molecule is Cc1ccc(C(=O)O[C@]2(C(C)C)CC[C@@]3(C)O[C@H]3C2)cc1. The second-order valence-electron chi connectivity index (χ2n) is 7.10. The Labute approximate surface area is 126 Å². The molecule has 0 unspecified atom stereocenters. The van der Waals surface area contributed by atoms with Crippen molar-refractivity contribution in [3.63, 3.8) is 0 Å². The highest BCUT2D eigenvalue weighted by Crippen LogP contribution is 2.53. The Morgan fingerprint density at radius 3 is 2.52 bits per heavy atom. The van der Waals surface area contributed by atoms with Gasteiger partial charge in [-0.3, -0.25) is 0 Å². The molecule has 2 fully saturated rings. The Morgan fingerprint density at radius 1 is 1.29 bits per heavy atom. The van der Waals surface area contributed by atoms with Crippen LogP contribution in [0, 0.1) is 12.8 Å². The average molecular weight is 288 g/mol. The lowest BCUT2D eigenvalue weighted by Crippen LogP contribution is -2.46. The van der Waals surface area contributed by atoms with Crippen LogP contribution >= 0.6 is 0 Å². The van der Waals surface area contributed by atoms with E-state index in [1.807, 2.05) is 31.2 Å². The highest BCUT2D eigenvalue weighted by Gasteiger charge is 2.61. The lowest BCUT2D eigenvalue weighted by molar-refractivity contribution is -0.0631. The highest BCUT2D eigenvalue weighted by atomic mass is 16.6. The highest BCUT2D eigenvalue weighted by molar-refractivity contribution is 5.89. The fourth-order valence-electron chi connectivity index (χ4n) is 3.31. The third-order valence-electron chi connectivity index (χ3n) is 5.25. The standard InChI is InChI=1S/C18H24O3/c1-12(2)18(10-9-17(4)15(11-18)20-17)21-16(19)14-7-5-13(3)6-8-14/h5-8,12,15H,9-11H2,1-4H3/t15-,17+,18+/m0/s1. The van der Waals surface area contributed by atoms with E-state index in [2.05, 4.69) is 20.8 Å². The quantitative estimate of drug-likeness (QED) is 0.625. The summed E-state index contributed by atoms with van der Waals surface area (Å²) in [5, 5.41) is 0. The predicted octanol–water partition coefficient (Wildman–Crippen LogP) is 3.89. The number of ether oxygens (including phenoxy) is 2. The molecule has 3 atom stereocenters. The molecule has 3 rings (SSSR count). The molecule has 1 saturated carbocycles. The minimum atomic E-state index is -0.386. The zero-order chi connectivity index (χ0) is 15.3. The molecule has 114 valence electrons. The van der Waals surface area contributed by atoms with Crippen molar-refractivity contribution in [3.05, 3.63) is 35.4 Å². The molecule has 1 aliphatic carbocycles. The van der Waals surface area contributed by atoms with E-state index >= 15 is 0 Å². The summed E-state index contributed by atoms with van der Waals surface area (Å²) in [6.07, 6.45) is 2.92. The first kappa shape index (κ1) is 14.6. The van der Waals surface area contributed by atoms with Gasteiger partial charge in [0.2, 0.25) is 0 Å². The summed E-state index contributed by atoms with van der Waals surface area (Å²) < 4.78 is 11.8. The van der Waals surface area contributed by atoms with Gasteiger partial charge < -0.3 is 9.47 Å². The first-order valence-corrected chi connectivity index (χ1v) is 7.82. The van der Waals surface area contributed by atoms with E-state index in [4.69, 9.17) is 9.47 Å². The van der Waals surface area contributed by atoms with Crippen LogP contribution in [0.3, 0.4) is 0 Å². The van der Waals surface area contributed by atoms with Crippen molar-refractivity contribution in [1.82, 2.24) is 0 Å². The lowest BCUT2D eigenvalue weighted by Gasteiger charge is -2.40. The molecule has 0 amide bonds. The van der Waals surface area contributed by atoms with E-state index in [1.54, 1.807) is 0 Å². The lowest BCUT2D eigenvalue weighted by atomic mass is 9.73. The summed E-state index contributed by atoms with van der Waals surface area (Å²) in [6, 6.07) is 7.57. The number of benzene rings is 1. The van der Waals surface area contributed by atoms with Gasteiger partial charge in [-0.05, 0) is 44.7 Å². The Morgan fingerprint density at radius 2 is 1.95 bits per heavy atom. The van der Waals surface area contributed by atoms with Gasteiger partial charge in [-0.25, -0.2) is 4.79 Å². The molecule has 21 heavy (non-hydrogen) atoms. The van der Waals surface area contributed by atoms with Gasteiger partial charge in [-0.1, -0.05) is 31.5 Å². The van der Waals surface area contributed by atoms with Crippen molar-refractivity contribution in [3.8, 4) is 0 Å². The second kappa shape index (κ2) is 4.84. The first-order chi connectivity index (χ1) is 9.85. The van der Waals surface area contributed by atoms with Crippen LogP contribution in [0.25, 0.3) is 0 Å². The molecular formula is C18H24O3. The number of epoxide rings is 1. The number of rotatable bonds is 3. The van der Waals surface area contributed by atoms with Crippen LogP contribution < -0.4 is 0 Å². The van der Waals surface area contributed by atoms with Crippen molar-refractivity contribution in [2.24, 2.45) is 5.92 Å². The van der Waals surface area contributed by atoms with Gasteiger partial charge in [0, 0.05) is 6.42 Å². The van der Waals surface area contributed by atoms with Crippen LogP contribution in [0.4, 0.5) is 0 Å². The maximum atomic E-state index is 12.5. The number of fused-ring (bicyclic) bond motifs is 1. The largest absolute Gasteiger partial charge is 0.455 e. The van der Waals surface area contributed by atoms with Crippen LogP contribution in [0.2, 0.25) is 0 Å². The molecule has 0 radical (unpaired) electrons. The summed E-state index contributed by atoms with van der Waals surface area (Å²) in [4.78, 5) is 12.5. The normalized spacial score (nSPS) is 34.4. The molecule has 1 aromatic rings. The Bertz CT molecular complexity index is 548. The number of esters is 1. The maximum absolute atomic E-state index is 12.5. The zero-order valence-electron chi connectivity index (χ0n) is 13.3. The molecule has 3 nitrogen and oxygen atoms in total. The minimum absolute atomic E-state index is 0.0364. The number of carbonyl (C=O) groups is 1. The summed E-state index contributed by atoms with van der Waals surface area (Å²) in [5.74, 6) is 0.0774. The van der Waals surface area contributed by atoms with E-state index in [9.17, 15) is 4.79 Å². The van der Waals surface area contributed by atoms with Gasteiger partial charge in [0.25, 0.3) is 0 Å². The summed E-state index contributed by atoms with van der Waals surface area (Å²) >= 11 is 0. The molecule has 1 saturated heterocycles. The molecule has 3 heteroatoms. The molecule has 0 aromatic heterocycles.